The SMILES string of the molecule is NC(=O)c1cccc(N(CC2CC2)CC2CC2)c1N. The number of nitrogens with two attached hydrogens (primary N) is 2. The molecule has 1 aromatic carbocycles. The number of hydrogen-bond donors (Lipinski definition) is 2. The standard InChI is InChI=1S/C15H21N3O/c16-14-12(15(17)19)2-1-3-13(14)18(8-10-4-5-10)9-11-6-7-11/h1-3,10-11H,4-9,16H2,(H2,17,19). The molecule has 0 aliphatic heterocycles. The summed E-state index contributed by atoms with van der Waals surface area (Å²) in [6.07, 6.45) is 5.26. The molecule has 0 radical (unpaired) electrons. The van der Waals surface area contributed by atoms with Crippen molar-refractivity contribution in [3.05, 3.63) is 23.8 Å². The molecule has 4 N–H and O–H groups in total. The van der Waals surface area contributed by atoms with E-state index < -0.39 is 5.91 Å². The van der Waals surface area contributed by atoms with E-state index in [-0.39, 0.29) is 0 Å². The molecule has 0 atom stereocenters. The van der Waals surface area contributed by atoms with Gasteiger partial charge in [0.1, 0.15) is 0 Å². The van der Waals surface area contributed by atoms with Crippen LogP contribution in [0.25, 0.3) is 0 Å². The van der Waals surface area contributed by atoms with Crippen molar-refractivity contribution in [3.8, 4) is 0 Å². The number of primary amides is 1. The number of carbonyl (C=O) groups excluding carboxylic acids is 1. The Morgan fingerprint density at radius 2 is 1.74 bits per heavy atom. The molecular weight excluding hydrogens is 238 g/mol. The van der Waals surface area contributed by atoms with Gasteiger partial charge in [-0.3, -0.25) is 4.79 Å². The van der Waals surface area contributed by atoms with Gasteiger partial charge in [0, 0.05) is 13.1 Å². The molecule has 19 heavy (non-hydrogen) atoms. The number of amides is 1. The van der Waals surface area contributed by atoms with Crippen LogP contribution in [0.1, 0.15) is 36.0 Å². The molecule has 3 rings (SSSR count). The maximum atomic E-state index is 11.4. The summed E-state index contributed by atoms with van der Waals surface area (Å²) in [5, 5.41) is 0. The molecular formula is C15H21N3O. The number of anilines is 2. The number of para-hydroxylation sites is 1. The third-order valence-corrected chi connectivity index (χ3v) is 4.04. The minimum absolute atomic E-state index is 0.439. The zero-order valence-corrected chi connectivity index (χ0v) is 11.1. The Bertz CT molecular complexity index is 478. The van der Waals surface area contributed by atoms with Crippen LogP contribution in [-0.4, -0.2) is 19.0 Å². The van der Waals surface area contributed by atoms with E-state index in [2.05, 4.69) is 4.90 Å². The molecule has 2 fully saturated rings. The van der Waals surface area contributed by atoms with Gasteiger partial charge in [-0.05, 0) is 49.7 Å². The molecule has 2 aliphatic carbocycles. The second kappa shape index (κ2) is 4.76. The van der Waals surface area contributed by atoms with E-state index in [0.717, 1.165) is 30.6 Å². The molecule has 1 amide bonds. The average Bonchev–Trinajstić information content (AvgIpc) is 3.23. The van der Waals surface area contributed by atoms with Gasteiger partial charge in [-0.2, -0.15) is 0 Å². The van der Waals surface area contributed by atoms with Crippen LogP contribution in [-0.2, 0) is 0 Å². The van der Waals surface area contributed by atoms with Gasteiger partial charge in [0.15, 0.2) is 0 Å². The second-order valence-electron chi connectivity index (χ2n) is 5.89. The first-order chi connectivity index (χ1) is 9.15. The number of rotatable bonds is 6. The highest BCUT2D eigenvalue weighted by Crippen LogP contribution is 2.37. The van der Waals surface area contributed by atoms with Crippen LogP contribution in [0.15, 0.2) is 18.2 Å². The minimum Gasteiger partial charge on any atom is -0.396 e. The van der Waals surface area contributed by atoms with Gasteiger partial charge >= 0.3 is 0 Å². The highest BCUT2D eigenvalue weighted by Gasteiger charge is 2.30. The Balaban J connectivity index is 1.86. The highest BCUT2D eigenvalue weighted by atomic mass is 16.1. The van der Waals surface area contributed by atoms with Crippen LogP contribution in [0.3, 0.4) is 0 Å². The van der Waals surface area contributed by atoms with Gasteiger partial charge in [-0.1, -0.05) is 6.07 Å². The van der Waals surface area contributed by atoms with E-state index >= 15 is 0 Å². The lowest BCUT2D eigenvalue weighted by Crippen LogP contribution is -2.29. The lowest BCUT2D eigenvalue weighted by molar-refractivity contribution is 0.100. The van der Waals surface area contributed by atoms with E-state index in [0.29, 0.717) is 11.3 Å². The molecule has 102 valence electrons. The second-order valence-corrected chi connectivity index (χ2v) is 5.89. The van der Waals surface area contributed by atoms with E-state index in [1.165, 1.54) is 25.7 Å². The molecule has 4 heteroatoms. The first kappa shape index (κ1) is 12.3. The van der Waals surface area contributed by atoms with E-state index in [9.17, 15) is 4.79 Å². The van der Waals surface area contributed by atoms with E-state index in [1.807, 2.05) is 12.1 Å². The molecule has 0 spiro atoms. The Kier molecular flexibility index (Phi) is 3.09. The van der Waals surface area contributed by atoms with Crippen molar-refractivity contribution in [1.82, 2.24) is 0 Å². The van der Waals surface area contributed by atoms with Crippen molar-refractivity contribution < 1.29 is 4.79 Å². The van der Waals surface area contributed by atoms with Gasteiger partial charge in [0.05, 0.1) is 16.9 Å². The van der Waals surface area contributed by atoms with Crippen LogP contribution < -0.4 is 16.4 Å². The predicted octanol–water partition coefficient (Wildman–Crippen LogP) is 1.99. The van der Waals surface area contributed by atoms with Crippen LogP contribution in [0.2, 0.25) is 0 Å². The van der Waals surface area contributed by atoms with Crippen molar-refractivity contribution in [2.24, 2.45) is 17.6 Å². The molecule has 0 unspecified atom stereocenters. The zero-order chi connectivity index (χ0) is 13.4. The Morgan fingerprint density at radius 1 is 1.16 bits per heavy atom. The fraction of sp³-hybridized carbons (Fsp3) is 0.533. The highest BCUT2D eigenvalue weighted by molar-refractivity contribution is 6.00. The first-order valence-corrected chi connectivity index (χ1v) is 7.08. The van der Waals surface area contributed by atoms with Gasteiger partial charge in [0.2, 0.25) is 0 Å². The lowest BCUT2D eigenvalue weighted by Gasteiger charge is -2.27. The predicted molar refractivity (Wildman–Crippen MR) is 77.0 cm³/mol. The number of carbonyl (C=O) groups is 1. The Labute approximate surface area is 113 Å². The van der Waals surface area contributed by atoms with Crippen LogP contribution in [0.4, 0.5) is 11.4 Å². The van der Waals surface area contributed by atoms with Crippen molar-refractivity contribution in [1.29, 1.82) is 0 Å². The first-order valence-electron chi connectivity index (χ1n) is 7.08. The summed E-state index contributed by atoms with van der Waals surface area (Å²) in [6.45, 7) is 2.12. The van der Waals surface area contributed by atoms with Gasteiger partial charge in [-0.25, -0.2) is 0 Å². The van der Waals surface area contributed by atoms with Gasteiger partial charge < -0.3 is 16.4 Å². The Morgan fingerprint density at radius 3 is 2.21 bits per heavy atom. The normalized spacial score (nSPS) is 18.3. The van der Waals surface area contributed by atoms with E-state index in [1.54, 1.807) is 6.07 Å². The summed E-state index contributed by atoms with van der Waals surface area (Å²) in [5.41, 5.74) is 13.5. The van der Waals surface area contributed by atoms with Crippen molar-refractivity contribution in [3.63, 3.8) is 0 Å². The van der Waals surface area contributed by atoms with Crippen LogP contribution in [0, 0.1) is 11.8 Å². The number of hydrogen-bond acceptors (Lipinski definition) is 3. The summed E-state index contributed by atoms with van der Waals surface area (Å²) >= 11 is 0. The van der Waals surface area contributed by atoms with Crippen LogP contribution in [0.5, 0.6) is 0 Å². The topological polar surface area (TPSA) is 72.4 Å². The number of benzene rings is 1. The summed E-state index contributed by atoms with van der Waals surface area (Å²) in [7, 11) is 0. The minimum atomic E-state index is -0.447. The summed E-state index contributed by atoms with van der Waals surface area (Å²) < 4.78 is 0. The van der Waals surface area contributed by atoms with Crippen molar-refractivity contribution in [2.75, 3.05) is 23.7 Å². The third kappa shape index (κ3) is 2.83. The molecule has 0 aromatic heterocycles. The molecule has 0 heterocycles. The zero-order valence-electron chi connectivity index (χ0n) is 11.1. The molecule has 2 aliphatic rings. The smallest absolute Gasteiger partial charge is 0.250 e. The maximum absolute atomic E-state index is 11.4. The summed E-state index contributed by atoms with van der Waals surface area (Å²) in [6, 6.07) is 5.58. The summed E-state index contributed by atoms with van der Waals surface area (Å²) in [4.78, 5) is 13.7. The molecule has 4 nitrogen and oxygen atoms in total. The molecule has 1 aromatic rings. The van der Waals surface area contributed by atoms with Crippen molar-refractivity contribution in [2.45, 2.75) is 25.7 Å². The molecule has 0 bridgehead atoms. The maximum Gasteiger partial charge on any atom is 0.250 e. The monoisotopic (exact) mass is 259 g/mol. The van der Waals surface area contributed by atoms with E-state index in [4.69, 9.17) is 11.5 Å². The number of nitrogen functional groups attached to an aromatic ring is 1. The fourth-order valence-corrected chi connectivity index (χ4v) is 2.54. The molecule has 2 saturated carbocycles. The fourth-order valence-electron chi connectivity index (χ4n) is 2.54. The molecule has 0 saturated heterocycles. The van der Waals surface area contributed by atoms with Gasteiger partial charge in [-0.15, -0.1) is 0 Å². The van der Waals surface area contributed by atoms with Crippen molar-refractivity contribution >= 4 is 17.3 Å². The summed E-state index contributed by atoms with van der Waals surface area (Å²) in [5.74, 6) is 1.16. The third-order valence-electron chi connectivity index (χ3n) is 4.04. The average molecular weight is 259 g/mol. The lowest BCUT2D eigenvalue weighted by atomic mass is 10.1. The largest absolute Gasteiger partial charge is 0.396 e. The Hall–Kier alpha value is -1.71. The van der Waals surface area contributed by atoms with Crippen LogP contribution >= 0.6 is 0 Å². The number of nitrogens with zero attached hydrogens (tertiary/aromatic N) is 1. The van der Waals surface area contributed by atoms with Gasteiger partial charge in [0.25, 0.3) is 5.91 Å². The quantitative estimate of drug-likeness (QED) is 0.767.